The van der Waals surface area contributed by atoms with Crippen LogP contribution in [0.5, 0.6) is 0 Å². The summed E-state index contributed by atoms with van der Waals surface area (Å²) in [6, 6.07) is 7.98. The Morgan fingerprint density at radius 1 is 1.21 bits per heavy atom. The van der Waals surface area contributed by atoms with E-state index < -0.39 is 0 Å². The van der Waals surface area contributed by atoms with Gasteiger partial charge in [-0.3, -0.25) is 4.79 Å². The van der Waals surface area contributed by atoms with Gasteiger partial charge in [0.2, 0.25) is 5.91 Å². The first-order chi connectivity index (χ1) is 9.28. The van der Waals surface area contributed by atoms with E-state index in [1.807, 2.05) is 25.1 Å². The third kappa shape index (κ3) is 4.58. The van der Waals surface area contributed by atoms with Crippen LogP contribution < -0.4 is 10.6 Å². The van der Waals surface area contributed by atoms with E-state index in [9.17, 15) is 4.79 Å². The van der Waals surface area contributed by atoms with Gasteiger partial charge in [-0.2, -0.15) is 0 Å². The highest BCUT2D eigenvalue weighted by molar-refractivity contribution is 5.90. The van der Waals surface area contributed by atoms with E-state index in [0.29, 0.717) is 6.42 Å². The van der Waals surface area contributed by atoms with Gasteiger partial charge in [0.05, 0.1) is 0 Å². The summed E-state index contributed by atoms with van der Waals surface area (Å²) in [4.78, 5) is 11.4. The van der Waals surface area contributed by atoms with E-state index in [1.165, 1.54) is 32.1 Å². The number of benzene rings is 1. The van der Waals surface area contributed by atoms with E-state index in [-0.39, 0.29) is 5.91 Å². The molecule has 2 N–H and O–H groups in total. The second-order valence-electron chi connectivity index (χ2n) is 5.37. The Kier molecular flexibility index (Phi) is 5.25. The Morgan fingerprint density at radius 2 is 1.95 bits per heavy atom. The molecule has 19 heavy (non-hydrogen) atoms. The summed E-state index contributed by atoms with van der Waals surface area (Å²) in [6.07, 6.45) is 7.35. The number of hydrogen-bond acceptors (Lipinski definition) is 2. The Balaban J connectivity index is 1.85. The Morgan fingerprint density at radius 3 is 2.68 bits per heavy atom. The van der Waals surface area contributed by atoms with Crippen LogP contribution >= 0.6 is 0 Å². The van der Waals surface area contributed by atoms with Gasteiger partial charge in [0.15, 0.2) is 0 Å². The molecule has 0 spiro atoms. The summed E-state index contributed by atoms with van der Waals surface area (Å²) in [5.74, 6) is 0.868. The molecular formula is C16H24N2O. The lowest BCUT2D eigenvalue weighted by atomic mass is 9.89. The van der Waals surface area contributed by atoms with Gasteiger partial charge in [-0.1, -0.05) is 32.3 Å². The SMILES string of the molecule is CCC(=O)Nc1cccc(NCC2CCCCC2)c1. The molecule has 104 valence electrons. The standard InChI is InChI=1S/C16H24N2O/c1-2-16(19)18-15-10-6-9-14(11-15)17-12-13-7-4-3-5-8-13/h6,9-11,13,17H,2-5,7-8,12H2,1H3,(H,18,19). The van der Waals surface area contributed by atoms with Gasteiger partial charge in [-0.15, -0.1) is 0 Å². The van der Waals surface area contributed by atoms with Crippen molar-refractivity contribution in [3.63, 3.8) is 0 Å². The highest BCUT2D eigenvalue weighted by Gasteiger charge is 2.12. The van der Waals surface area contributed by atoms with Crippen LogP contribution in [0.15, 0.2) is 24.3 Å². The fourth-order valence-electron chi connectivity index (χ4n) is 2.61. The van der Waals surface area contributed by atoms with Crippen LogP contribution in [0.25, 0.3) is 0 Å². The zero-order chi connectivity index (χ0) is 13.5. The van der Waals surface area contributed by atoms with Crippen molar-refractivity contribution in [2.45, 2.75) is 45.4 Å². The number of hydrogen-bond donors (Lipinski definition) is 2. The van der Waals surface area contributed by atoms with Crippen LogP contribution in [-0.4, -0.2) is 12.5 Å². The topological polar surface area (TPSA) is 41.1 Å². The number of carbonyl (C=O) groups excluding carboxylic acids is 1. The van der Waals surface area contributed by atoms with Crippen LogP contribution in [0.1, 0.15) is 45.4 Å². The molecule has 1 fully saturated rings. The third-order valence-corrected chi connectivity index (χ3v) is 3.79. The Bertz CT molecular complexity index is 411. The molecule has 3 heteroatoms. The zero-order valence-electron chi connectivity index (χ0n) is 11.7. The lowest BCUT2D eigenvalue weighted by Crippen LogP contribution is -2.17. The molecule has 2 rings (SSSR count). The highest BCUT2D eigenvalue weighted by Crippen LogP contribution is 2.24. The number of amides is 1. The molecule has 0 heterocycles. The predicted molar refractivity (Wildman–Crippen MR) is 80.4 cm³/mol. The largest absolute Gasteiger partial charge is 0.385 e. The maximum absolute atomic E-state index is 11.4. The first-order valence-electron chi connectivity index (χ1n) is 7.41. The van der Waals surface area contributed by atoms with Crippen molar-refractivity contribution in [2.75, 3.05) is 17.2 Å². The zero-order valence-corrected chi connectivity index (χ0v) is 11.7. The molecule has 0 unspecified atom stereocenters. The molecule has 0 radical (unpaired) electrons. The van der Waals surface area contributed by atoms with Crippen LogP contribution in [0, 0.1) is 5.92 Å². The molecule has 0 saturated heterocycles. The smallest absolute Gasteiger partial charge is 0.224 e. The molecule has 1 aromatic carbocycles. The fourth-order valence-corrected chi connectivity index (χ4v) is 2.61. The number of anilines is 2. The summed E-state index contributed by atoms with van der Waals surface area (Å²) in [7, 11) is 0. The maximum atomic E-state index is 11.4. The summed E-state index contributed by atoms with van der Waals surface area (Å²) in [5, 5.41) is 6.39. The lowest BCUT2D eigenvalue weighted by molar-refractivity contribution is -0.115. The minimum Gasteiger partial charge on any atom is -0.385 e. The molecule has 0 aromatic heterocycles. The molecule has 1 amide bonds. The fraction of sp³-hybridized carbons (Fsp3) is 0.562. The van der Waals surface area contributed by atoms with Crippen molar-refractivity contribution in [1.82, 2.24) is 0 Å². The maximum Gasteiger partial charge on any atom is 0.224 e. The summed E-state index contributed by atoms with van der Waals surface area (Å²) < 4.78 is 0. The van der Waals surface area contributed by atoms with Crippen molar-refractivity contribution in [3.8, 4) is 0 Å². The van der Waals surface area contributed by atoms with E-state index in [0.717, 1.165) is 23.8 Å². The van der Waals surface area contributed by atoms with Gasteiger partial charge < -0.3 is 10.6 Å². The summed E-state index contributed by atoms with van der Waals surface area (Å²) in [6.45, 7) is 2.91. The molecule has 0 atom stereocenters. The second kappa shape index (κ2) is 7.17. The van der Waals surface area contributed by atoms with Crippen LogP contribution in [0.2, 0.25) is 0 Å². The van der Waals surface area contributed by atoms with Crippen molar-refractivity contribution in [3.05, 3.63) is 24.3 Å². The van der Waals surface area contributed by atoms with Crippen molar-refractivity contribution < 1.29 is 4.79 Å². The molecule has 0 bridgehead atoms. The first kappa shape index (κ1) is 13.9. The summed E-state index contributed by atoms with van der Waals surface area (Å²) in [5.41, 5.74) is 1.97. The molecule has 3 nitrogen and oxygen atoms in total. The van der Waals surface area contributed by atoms with Crippen LogP contribution in [0.4, 0.5) is 11.4 Å². The normalized spacial score (nSPS) is 16.1. The number of rotatable bonds is 5. The van der Waals surface area contributed by atoms with Crippen molar-refractivity contribution in [1.29, 1.82) is 0 Å². The molecular weight excluding hydrogens is 236 g/mol. The average molecular weight is 260 g/mol. The van der Waals surface area contributed by atoms with Gasteiger partial charge in [-0.25, -0.2) is 0 Å². The minimum atomic E-state index is 0.0597. The van der Waals surface area contributed by atoms with Gasteiger partial charge in [0.1, 0.15) is 0 Å². The van der Waals surface area contributed by atoms with Crippen LogP contribution in [0.3, 0.4) is 0 Å². The van der Waals surface area contributed by atoms with E-state index in [2.05, 4.69) is 16.7 Å². The molecule has 1 aromatic rings. The van der Waals surface area contributed by atoms with Gasteiger partial charge in [0.25, 0.3) is 0 Å². The second-order valence-corrected chi connectivity index (χ2v) is 5.37. The van der Waals surface area contributed by atoms with Crippen LogP contribution in [-0.2, 0) is 4.79 Å². The quantitative estimate of drug-likeness (QED) is 0.839. The molecule has 1 saturated carbocycles. The van der Waals surface area contributed by atoms with Gasteiger partial charge in [-0.05, 0) is 37.0 Å². The molecule has 1 aliphatic rings. The lowest BCUT2D eigenvalue weighted by Gasteiger charge is -2.22. The predicted octanol–water partition coefficient (Wildman–Crippen LogP) is 4.03. The third-order valence-electron chi connectivity index (χ3n) is 3.79. The van der Waals surface area contributed by atoms with Gasteiger partial charge >= 0.3 is 0 Å². The molecule has 1 aliphatic carbocycles. The van der Waals surface area contributed by atoms with E-state index in [1.54, 1.807) is 0 Å². The summed E-state index contributed by atoms with van der Waals surface area (Å²) >= 11 is 0. The van der Waals surface area contributed by atoms with Gasteiger partial charge in [0, 0.05) is 24.3 Å². The Labute approximate surface area is 115 Å². The first-order valence-corrected chi connectivity index (χ1v) is 7.41. The van der Waals surface area contributed by atoms with E-state index >= 15 is 0 Å². The monoisotopic (exact) mass is 260 g/mol. The van der Waals surface area contributed by atoms with Crippen molar-refractivity contribution in [2.24, 2.45) is 5.92 Å². The Hall–Kier alpha value is -1.51. The van der Waals surface area contributed by atoms with E-state index in [4.69, 9.17) is 0 Å². The number of carbonyl (C=O) groups is 1. The average Bonchev–Trinajstić information content (AvgIpc) is 2.46. The molecule has 0 aliphatic heterocycles. The van der Waals surface area contributed by atoms with Crippen molar-refractivity contribution >= 4 is 17.3 Å². The number of nitrogens with one attached hydrogen (secondary N) is 2. The highest BCUT2D eigenvalue weighted by atomic mass is 16.1. The minimum absolute atomic E-state index is 0.0597.